The molecular formula is C14H17N. The molecular weight excluding hydrogens is 182 g/mol. The average Bonchev–Trinajstić information content (AvgIpc) is 2.62. The second-order valence-corrected chi connectivity index (χ2v) is 4.30. The maximum atomic E-state index is 3.50. The van der Waals surface area contributed by atoms with Gasteiger partial charge in [0, 0.05) is 11.4 Å². The highest BCUT2D eigenvalue weighted by Crippen LogP contribution is 2.25. The minimum Gasteiger partial charge on any atom is -0.358 e. The van der Waals surface area contributed by atoms with Crippen LogP contribution in [0.25, 0.3) is 11.3 Å². The van der Waals surface area contributed by atoms with Crippen molar-refractivity contribution in [2.75, 3.05) is 0 Å². The van der Waals surface area contributed by atoms with E-state index in [0.717, 1.165) is 0 Å². The normalized spacial score (nSPS) is 10.9. The molecule has 0 radical (unpaired) electrons. The number of aromatic amines is 1. The van der Waals surface area contributed by atoms with Gasteiger partial charge in [-0.25, -0.2) is 0 Å². The van der Waals surface area contributed by atoms with Crippen molar-refractivity contribution in [3.05, 3.63) is 47.7 Å². The van der Waals surface area contributed by atoms with Crippen molar-refractivity contribution in [3.63, 3.8) is 0 Å². The Balaban J connectivity index is 2.45. The molecule has 1 N–H and O–H groups in total. The van der Waals surface area contributed by atoms with Gasteiger partial charge in [0.2, 0.25) is 0 Å². The Morgan fingerprint density at radius 2 is 1.73 bits per heavy atom. The second-order valence-electron chi connectivity index (χ2n) is 4.30. The molecule has 0 unspecified atom stereocenters. The van der Waals surface area contributed by atoms with E-state index in [1.807, 2.05) is 6.07 Å². The molecule has 0 atom stereocenters. The first-order chi connectivity index (χ1) is 7.18. The Bertz CT molecular complexity index is 438. The highest BCUT2D eigenvalue weighted by atomic mass is 14.7. The maximum absolute atomic E-state index is 3.50. The number of H-pyrrole nitrogens is 1. The van der Waals surface area contributed by atoms with Crippen LogP contribution in [-0.4, -0.2) is 4.98 Å². The van der Waals surface area contributed by atoms with Gasteiger partial charge < -0.3 is 4.98 Å². The molecule has 0 bridgehead atoms. The summed E-state index contributed by atoms with van der Waals surface area (Å²) in [5.74, 6) is 0.557. The Hall–Kier alpha value is -1.50. The van der Waals surface area contributed by atoms with Gasteiger partial charge in [-0.2, -0.15) is 0 Å². The van der Waals surface area contributed by atoms with Crippen LogP contribution in [-0.2, 0) is 0 Å². The molecule has 0 aliphatic rings. The number of hydrogen-bond donors (Lipinski definition) is 1. The fourth-order valence-corrected chi connectivity index (χ4v) is 1.80. The SMILES string of the molecule is Cc1cc(C(C)C)[nH]c1-c1ccccc1. The van der Waals surface area contributed by atoms with Crippen molar-refractivity contribution >= 4 is 0 Å². The molecule has 0 saturated carbocycles. The predicted octanol–water partition coefficient (Wildman–Crippen LogP) is 4.11. The monoisotopic (exact) mass is 199 g/mol. The molecule has 0 amide bonds. The van der Waals surface area contributed by atoms with E-state index in [2.05, 4.69) is 56.1 Å². The first kappa shape index (κ1) is 10.0. The minimum atomic E-state index is 0.557. The van der Waals surface area contributed by atoms with Gasteiger partial charge in [0.1, 0.15) is 0 Å². The van der Waals surface area contributed by atoms with Gasteiger partial charge in [-0.05, 0) is 30.0 Å². The maximum Gasteiger partial charge on any atom is 0.0485 e. The zero-order valence-electron chi connectivity index (χ0n) is 9.54. The first-order valence-corrected chi connectivity index (χ1v) is 5.43. The summed E-state index contributed by atoms with van der Waals surface area (Å²) in [5.41, 5.74) is 5.15. The Kier molecular flexibility index (Phi) is 2.63. The molecule has 1 aromatic heterocycles. The van der Waals surface area contributed by atoms with Crippen LogP contribution in [0, 0.1) is 6.92 Å². The summed E-state index contributed by atoms with van der Waals surface area (Å²) in [6, 6.07) is 12.7. The zero-order valence-corrected chi connectivity index (χ0v) is 9.54. The Morgan fingerprint density at radius 1 is 1.07 bits per heavy atom. The van der Waals surface area contributed by atoms with Crippen molar-refractivity contribution < 1.29 is 0 Å². The van der Waals surface area contributed by atoms with Gasteiger partial charge in [0.15, 0.2) is 0 Å². The highest BCUT2D eigenvalue weighted by molar-refractivity contribution is 5.63. The largest absolute Gasteiger partial charge is 0.358 e. The lowest BCUT2D eigenvalue weighted by Crippen LogP contribution is -1.86. The summed E-state index contributed by atoms with van der Waals surface area (Å²) in [6.45, 7) is 6.57. The molecule has 0 aliphatic carbocycles. The van der Waals surface area contributed by atoms with Gasteiger partial charge in [0.05, 0.1) is 0 Å². The first-order valence-electron chi connectivity index (χ1n) is 5.43. The molecule has 1 heteroatoms. The van der Waals surface area contributed by atoms with Gasteiger partial charge in [0.25, 0.3) is 0 Å². The van der Waals surface area contributed by atoms with E-state index in [-0.39, 0.29) is 0 Å². The van der Waals surface area contributed by atoms with Crippen molar-refractivity contribution in [2.24, 2.45) is 0 Å². The van der Waals surface area contributed by atoms with Crippen LogP contribution in [0.3, 0.4) is 0 Å². The van der Waals surface area contributed by atoms with Crippen LogP contribution in [0.1, 0.15) is 31.0 Å². The predicted molar refractivity (Wildman–Crippen MR) is 65.1 cm³/mol. The van der Waals surface area contributed by atoms with E-state index in [0.29, 0.717) is 5.92 Å². The lowest BCUT2D eigenvalue weighted by Gasteiger charge is -2.01. The van der Waals surface area contributed by atoms with E-state index < -0.39 is 0 Å². The number of nitrogens with one attached hydrogen (secondary N) is 1. The van der Waals surface area contributed by atoms with Crippen LogP contribution in [0.4, 0.5) is 0 Å². The third kappa shape index (κ3) is 1.96. The molecule has 78 valence electrons. The summed E-state index contributed by atoms with van der Waals surface area (Å²) in [5, 5.41) is 0. The Morgan fingerprint density at radius 3 is 2.27 bits per heavy atom. The van der Waals surface area contributed by atoms with Crippen LogP contribution in [0.2, 0.25) is 0 Å². The third-order valence-electron chi connectivity index (χ3n) is 2.72. The standard InChI is InChI=1S/C14H17N/c1-10(2)13-9-11(3)14(15-13)12-7-5-4-6-8-12/h4-10,15H,1-3H3. The van der Waals surface area contributed by atoms with Gasteiger partial charge in [-0.3, -0.25) is 0 Å². The van der Waals surface area contributed by atoms with Crippen LogP contribution >= 0.6 is 0 Å². The second kappa shape index (κ2) is 3.93. The molecule has 0 spiro atoms. The highest BCUT2D eigenvalue weighted by Gasteiger charge is 2.08. The molecule has 2 aromatic rings. The number of rotatable bonds is 2. The summed E-state index contributed by atoms with van der Waals surface area (Å²) in [4.78, 5) is 3.50. The fraction of sp³-hybridized carbons (Fsp3) is 0.286. The van der Waals surface area contributed by atoms with Crippen LogP contribution in [0.15, 0.2) is 36.4 Å². The van der Waals surface area contributed by atoms with Crippen molar-refractivity contribution in [3.8, 4) is 11.3 Å². The summed E-state index contributed by atoms with van der Waals surface area (Å²) >= 11 is 0. The van der Waals surface area contributed by atoms with Crippen LogP contribution < -0.4 is 0 Å². The topological polar surface area (TPSA) is 15.8 Å². The number of aryl methyl sites for hydroxylation is 1. The average molecular weight is 199 g/mol. The molecule has 1 heterocycles. The molecule has 1 aromatic carbocycles. The van der Waals surface area contributed by atoms with E-state index in [4.69, 9.17) is 0 Å². The smallest absolute Gasteiger partial charge is 0.0485 e. The van der Waals surface area contributed by atoms with E-state index in [9.17, 15) is 0 Å². The number of benzene rings is 1. The van der Waals surface area contributed by atoms with E-state index >= 15 is 0 Å². The van der Waals surface area contributed by atoms with Crippen LogP contribution in [0.5, 0.6) is 0 Å². The molecule has 0 fully saturated rings. The molecule has 0 saturated heterocycles. The van der Waals surface area contributed by atoms with E-state index in [1.165, 1.54) is 22.5 Å². The molecule has 0 aliphatic heterocycles. The summed E-state index contributed by atoms with van der Waals surface area (Å²) in [7, 11) is 0. The van der Waals surface area contributed by atoms with E-state index in [1.54, 1.807) is 0 Å². The molecule has 15 heavy (non-hydrogen) atoms. The van der Waals surface area contributed by atoms with Crippen molar-refractivity contribution in [1.82, 2.24) is 4.98 Å². The number of aromatic nitrogens is 1. The van der Waals surface area contributed by atoms with Crippen molar-refractivity contribution in [2.45, 2.75) is 26.7 Å². The quantitative estimate of drug-likeness (QED) is 0.749. The lowest BCUT2D eigenvalue weighted by atomic mass is 10.1. The third-order valence-corrected chi connectivity index (χ3v) is 2.72. The van der Waals surface area contributed by atoms with Gasteiger partial charge >= 0.3 is 0 Å². The fourth-order valence-electron chi connectivity index (χ4n) is 1.80. The van der Waals surface area contributed by atoms with Gasteiger partial charge in [-0.1, -0.05) is 44.2 Å². The van der Waals surface area contributed by atoms with Gasteiger partial charge in [-0.15, -0.1) is 0 Å². The Labute approximate surface area is 91.2 Å². The molecule has 2 rings (SSSR count). The minimum absolute atomic E-state index is 0.557. The zero-order chi connectivity index (χ0) is 10.8. The van der Waals surface area contributed by atoms with Crippen molar-refractivity contribution in [1.29, 1.82) is 0 Å². The molecule has 1 nitrogen and oxygen atoms in total. The lowest BCUT2D eigenvalue weighted by molar-refractivity contribution is 0.834. The summed E-state index contributed by atoms with van der Waals surface area (Å²) in [6.07, 6.45) is 0. The number of hydrogen-bond acceptors (Lipinski definition) is 0. The summed E-state index contributed by atoms with van der Waals surface area (Å²) < 4.78 is 0.